The Kier molecular flexibility index (Phi) is 2.84. The molecule has 0 N–H and O–H groups in total. The molecule has 0 aromatic carbocycles. The van der Waals surface area contributed by atoms with Gasteiger partial charge in [-0.3, -0.25) is 4.84 Å². The molecule has 0 aromatic rings. The molecule has 14 heavy (non-hydrogen) atoms. The number of thioether (sulfide) groups is 1. The van der Waals surface area contributed by atoms with Gasteiger partial charge in [0.05, 0.1) is 6.10 Å². The molecule has 3 atom stereocenters. The summed E-state index contributed by atoms with van der Waals surface area (Å²) in [4.78, 5) is 5.99. The summed E-state index contributed by atoms with van der Waals surface area (Å²) in [5, 5.41) is 3.03. The second kappa shape index (κ2) is 3.69. The predicted octanol–water partition coefficient (Wildman–Crippen LogP) is 2.68. The molecule has 82 valence electrons. The van der Waals surface area contributed by atoms with Crippen molar-refractivity contribution in [3.8, 4) is 0 Å². The van der Waals surface area contributed by atoms with E-state index >= 15 is 0 Å². The van der Waals surface area contributed by atoms with Gasteiger partial charge in [-0.05, 0) is 33.6 Å². The number of rotatable bonds is 0. The minimum Gasteiger partial charge on any atom is -0.294 e. The van der Waals surface area contributed by atoms with E-state index in [1.807, 2.05) is 0 Å². The molecule has 2 fully saturated rings. The average Bonchev–Trinajstić information content (AvgIpc) is 2.33. The van der Waals surface area contributed by atoms with Gasteiger partial charge in [0, 0.05) is 22.6 Å². The van der Waals surface area contributed by atoms with Crippen LogP contribution in [0.3, 0.4) is 0 Å². The van der Waals surface area contributed by atoms with Gasteiger partial charge in [0.25, 0.3) is 0 Å². The number of fused-ring (bicyclic) bond motifs is 2. The average molecular weight is 215 g/mol. The zero-order valence-corrected chi connectivity index (χ0v) is 10.4. The Morgan fingerprint density at radius 2 is 2.00 bits per heavy atom. The maximum atomic E-state index is 5.99. The molecule has 3 heteroatoms. The molecular formula is C11H21NOS. The van der Waals surface area contributed by atoms with Crippen LogP contribution in [0.1, 0.15) is 40.5 Å². The lowest BCUT2D eigenvalue weighted by atomic mass is 10.0. The van der Waals surface area contributed by atoms with Crippen LogP contribution in [0.15, 0.2) is 0 Å². The van der Waals surface area contributed by atoms with E-state index in [0.29, 0.717) is 12.1 Å². The molecule has 2 heterocycles. The monoisotopic (exact) mass is 215 g/mol. The summed E-state index contributed by atoms with van der Waals surface area (Å²) < 4.78 is 0. The van der Waals surface area contributed by atoms with Crippen molar-refractivity contribution < 1.29 is 4.84 Å². The van der Waals surface area contributed by atoms with Crippen molar-refractivity contribution >= 4 is 11.8 Å². The van der Waals surface area contributed by atoms with Crippen LogP contribution in [0, 0.1) is 0 Å². The zero-order chi connectivity index (χ0) is 10.3. The van der Waals surface area contributed by atoms with Crippen LogP contribution in [-0.2, 0) is 4.84 Å². The standard InChI is InChI=1S/C11H21NOS/c1-8-5-9-6-10(7-14-8)13-12(9)11(2,3)4/h8-10H,5-7H2,1-4H3/t8-,9+,10+/m0/s1. The molecule has 2 saturated heterocycles. The van der Waals surface area contributed by atoms with Crippen LogP contribution in [0.5, 0.6) is 0 Å². The molecule has 0 aliphatic carbocycles. The minimum absolute atomic E-state index is 0.154. The molecule has 0 radical (unpaired) electrons. The van der Waals surface area contributed by atoms with Gasteiger partial charge in [0.15, 0.2) is 0 Å². The summed E-state index contributed by atoms with van der Waals surface area (Å²) >= 11 is 2.06. The van der Waals surface area contributed by atoms with Gasteiger partial charge >= 0.3 is 0 Å². The first-order chi connectivity index (χ1) is 6.47. The van der Waals surface area contributed by atoms with E-state index in [-0.39, 0.29) is 5.54 Å². The normalized spacial score (nSPS) is 39.9. The van der Waals surface area contributed by atoms with E-state index in [1.165, 1.54) is 18.6 Å². The molecule has 2 aliphatic rings. The fourth-order valence-electron chi connectivity index (χ4n) is 2.41. The number of hydroxylamine groups is 2. The van der Waals surface area contributed by atoms with Crippen molar-refractivity contribution in [2.24, 2.45) is 0 Å². The van der Waals surface area contributed by atoms with Crippen molar-refractivity contribution in [3.05, 3.63) is 0 Å². The van der Waals surface area contributed by atoms with E-state index in [1.54, 1.807) is 0 Å². The quantitative estimate of drug-likeness (QED) is 0.616. The van der Waals surface area contributed by atoms with Crippen molar-refractivity contribution in [2.45, 2.75) is 63.5 Å². The summed E-state index contributed by atoms with van der Waals surface area (Å²) in [6.07, 6.45) is 2.97. The van der Waals surface area contributed by atoms with Crippen LogP contribution in [-0.4, -0.2) is 33.8 Å². The topological polar surface area (TPSA) is 12.5 Å². The van der Waals surface area contributed by atoms with Gasteiger partial charge in [-0.2, -0.15) is 16.8 Å². The van der Waals surface area contributed by atoms with Crippen LogP contribution in [0.2, 0.25) is 0 Å². The summed E-state index contributed by atoms with van der Waals surface area (Å²) in [5.41, 5.74) is 0.154. The van der Waals surface area contributed by atoms with Gasteiger partial charge < -0.3 is 0 Å². The second-order valence-electron chi connectivity index (χ2n) is 5.49. The van der Waals surface area contributed by atoms with E-state index in [0.717, 1.165) is 5.25 Å². The number of nitrogens with zero attached hydrogens (tertiary/aromatic N) is 1. The maximum Gasteiger partial charge on any atom is 0.0899 e. The van der Waals surface area contributed by atoms with Crippen molar-refractivity contribution in [1.29, 1.82) is 0 Å². The fourth-order valence-corrected chi connectivity index (χ4v) is 3.51. The molecule has 2 aliphatic heterocycles. The highest BCUT2D eigenvalue weighted by molar-refractivity contribution is 7.99. The van der Waals surface area contributed by atoms with Gasteiger partial charge in [0.1, 0.15) is 0 Å². The summed E-state index contributed by atoms with van der Waals surface area (Å²) in [5.74, 6) is 1.17. The first-order valence-electron chi connectivity index (χ1n) is 5.54. The second-order valence-corrected chi connectivity index (χ2v) is 6.96. The highest BCUT2D eigenvalue weighted by Gasteiger charge is 2.42. The van der Waals surface area contributed by atoms with E-state index < -0.39 is 0 Å². The summed E-state index contributed by atoms with van der Waals surface area (Å²) in [6.45, 7) is 9.05. The van der Waals surface area contributed by atoms with Gasteiger partial charge in [-0.25, -0.2) is 0 Å². The Morgan fingerprint density at radius 1 is 1.29 bits per heavy atom. The van der Waals surface area contributed by atoms with E-state index in [4.69, 9.17) is 4.84 Å². The maximum absolute atomic E-state index is 5.99. The molecule has 0 unspecified atom stereocenters. The van der Waals surface area contributed by atoms with Gasteiger partial charge in [-0.15, -0.1) is 0 Å². The third kappa shape index (κ3) is 2.10. The SMILES string of the molecule is C[C@H]1C[C@@H]2C[C@H](CS1)ON2C(C)(C)C. The Labute approximate surface area is 91.3 Å². The smallest absolute Gasteiger partial charge is 0.0899 e. The summed E-state index contributed by atoms with van der Waals surface area (Å²) in [7, 11) is 0. The van der Waals surface area contributed by atoms with Crippen molar-refractivity contribution in [2.75, 3.05) is 5.75 Å². The molecule has 0 amide bonds. The predicted molar refractivity (Wildman–Crippen MR) is 61.4 cm³/mol. The Balaban J connectivity index is 2.09. The Hall–Kier alpha value is 0.270. The Morgan fingerprint density at radius 3 is 2.64 bits per heavy atom. The summed E-state index contributed by atoms with van der Waals surface area (Å²) in [6, 6.07) is 0.644. The molecule has 0 aromatic heterocycles. The first-order valence-corrected chi connectivity index (χ1v) is 6.59. The lowest BCUT2D eigenvalue weighted by molar-refractivity contribution is -0.209. The highest BCUT2D eigenvalue weighted by atomic mass is 32.2. The van der Waals surface area contributed by atoms with Gasteiger partial charge in [-0.1, -0.05) is 6.92 Å². The highest BCUT2D eigenvalue weighted by Crippen LogP contribution is 2.38. The zero-order valence-electron chi connectivity index (χ0n) is 9.62. The van der Waals surface area contributed by atoms with Gasteiger partial charge in [0.2, 0.25) is 0 Å². The minimum atomic E-state index is 0.154. The molecular weight excluding hydrogens is 194 g/mol. The fraction of sp³-hybridized carbons (Fsp3) is 1.00. The lowest BCUT2D eigenvalue weighted by Crippen LogP contribution is -2.45. The molecule has 0 saturated carbocycles. The van der Waals surface area contributed by atoms with Crippen LogP contribution >= 0.6 is 11.8 Å². The molecule has 2 bridgehead atoms. The van der Waals surface area contributed by atoms with E-state index in [9.17, 15) is 0 Å². The third-order valence-electron chi connectivity index (χ3n) is 2.96. The van der Waals surface area contributed by atoms with E-state index in [2.05, 4.69) is 44.5 Å². The first kappa shape index (κ1) is 10.8. The number of hydrogen-bond acceptors (Lipinski definition) is 3. The Bertz CT molecular complexity index is 214. The molecule has 2 rings (SSSR count). The van der Waals surface area contributed by atoms with Crippen LogP contribution in [0.4, 0.5) is 0 Å². The third-order valence-corrected chi connectivity index (χ3v) is 4.29. The van der Waals surface area contributed by atoms with Crippen LogP contribution < -0.4 is 0 Å². The lowest BCUT2D eigenvalue weighted by Gasteiger charge is -2.36. The molecule has 0 spiro atoms. The van der Waals surface area contributed by atoms with Crippen molar-refractivity contribution in [1.82, 2.24) is 5.06 Å². The largest absolute Gasteiger partial charge is 0.294 e. The van der Waals surface area contributed by atoms with Crippen LogP contribution in [0.25, 0.3) is 0 Å². The molecule has 2 nitrogen and oxygen atoms in total. The number of hydrogen-bond donors (Lipinski definition) is 0. The van der Waals surface area contributed by atoms with Crippen molar-refractivity contribution in [3.63, 3.8) is 0 Å².